The van der Waals surface area contributed by atoms with Crippen molar-refractivity contribution in [3.8, 4) is 11.5 Å². The first-order chi connectivity index (χ1) is 16.7. The molecule has 0 aliphatic carbocycles. The van der Waals surface area contributed by atoms with Crippen molar-refractivity contribution in [3.63, 3.8) is 0 Å². The summed E-state index contributed by atoms with van der Waals surface area (Å²) in [5, 5.41) is 0. The molecular formula is C29H41NO4Si. The van der Waals surface area contributed by atoms with Crippen molar-refractivity contribution in [2.45, 2.75) is 76.7 Å². The molecule has 2 aromatic carbocycles. The van der Waals surface area contributed by atoms with Gasteiger partial charge >= 0.3 is 0 Å². The van der Waals surface area contributed by atoms with Crippen molar-refractivity contribution >= 4 is 19.9 Å². The van der Waals surface area contributed by atoms with E-state index in [1.807, 2.05) is 53.4 Å². The van der Waals surface area contributed by atoms with E-state index in [-0.39, 0.29) is 11.9 Å². The molecule has 1 heterocycles. The SMILES string of the molecule is C=CCCOc1ccccc1[C@H]1[C@@H](O[Si](C(C)C)(C(C)C)C(C)C)C(=O)N1c1ccc(OC)cc1. The second kappa shape index (κ2) is 11.4. The van der Waals surface area contributed by atoms with Crippen LogP contribution in [-0.4, -0.2) is 34.0 Å². The number of para-hydroxylation sites is 1. The first-order valence-corrected chi connectivity index (χ1v) is 14.8. The Morgan fingerprint density at radius 2 is 1.57 bits per heavy atom. The molecule has 0 aromatic heterocycles. The molecule has 0 saturated carbocycles. The van der Waals surface area contributed by atoms with Crippen LogP contribution in [0.3, 0.4) is 0 Å². The molecule has 2 aromatic rings. The van der Waals surface area contributed by atoms with Crippen molar-refractivity contribution in [3.05, 3.63) is 66.7 Å². The van der Waals surface area contributed by atoms with Gasteiger partial charge in [-0.2, -0.15) is 0 Å². The highest BCUT2D eigenvalue weighted by Gasteiger charge is 2.57. The fraction of sp³-hybridized carbons (Fsp3) is 0.483. The lowest BCUT2D eigenvalue weighted by Crippen LogP contribution is -2.65. The summed E-state index contributed by atoms with van der Waals surface area (Å²) in [5.74, 6) is 1.54. The molecule has 1 amide bonds. The first-order valence-electron chi connectivity index (χ1n) is 12.7. The van der Waals surface area contributed by atoms with Gasteiger partial charge in [-0.1, -0.05) is 65.8 Å². The maximum absolute atomic E-state index is 13.8. The number of ether oxygens (including phenoxy) is 2. The van der Waals surface area contributed by atoms with E-state index in [0.717, 1.165) is 29.2 Å². The van der Waals surface area contributed by atoms with Crippen LogP contribution >= 0.6 is 0 Å². The van der Waals surface area contributed by atoms with Crippen LogP contribution in [0, 0.1) is 0 Å². The van der Waals surface area contributed by atoms with Crippen LogP contribution < -0.4 is 14.4 Å². The Bertz CT molecular complexity index is 980. The van der Waals surface area contributed by atoms with Gasteiger partial charge in [0.15, 0.2) is 6.10 Å². The quantitative estimate of drug-likeness (QED) is 0.134. The highest BCUT2D eigenvalue weighted by atomic mass is 28.4. The van der Waals surface area contributed by atoms with Crippen molar-refractivity contribution < 1.29 is 18.7 Å². The van der Waals surface area contributed by atoms with Gasteiger partial charge in [-0.15, -0.1) is 6.58 Å². The summed E-state index contributed by atoms with van der Waals surface area (Å²) in [7, 11) is -0.652. The molecule has 0 unspecified atom stereocenters. The normalized spacial score (nSPS) is 18.2. The molecule has 1 aliphatic heterocycles. The number of methoxy groups -OCH3 is 1. The minimum absolute atomic E-state index is 0.000105. The molecule has 6 heteroatoms. The summed E-state index contributed by atoms with van der Waals surface area (Å²) in [4.78, 5) is 15.6. The molecule has 1 saturated heterocycles. The number of rotatable bonds is 12. The van der Waals surface area contributed by atoms with Gasteiger partial charge in [0.05, 0.1) is 19.8 Å². The van der Waals surface area contributed by atoms with Crippen LogP contribution in [0.25, 0.3) is 0 Å². The Kier molecular flexibility index (Phi) is 8.83. The van der Waals surface area contributed by atoms with E-state index < -0.39 is 14.4 Å². The molecule has 3 rings (SSSR count). The van der Waals surface area contributed by atoms with E-state index in [9.17, 15) is 4.79 Å². The summed E-state index contributed by atoms with van der Waals surface area (Å²) in [6.07, 6.45) is 2.06. The van der Waals surface area contributed by atoms with Gasteiger partial charge in [0, 0.05) is 11.3 Å². The average molecular weight is 496 g/mol. The monoisotopic (exact) mass is 495 g/mol. The molecule has 0 spiro atoms. The van der Waals surface area contributed by atoms with Crippen molar-refractivity contribution in [1.29, 1.82) is 0 Å². The molecule has 0 N–H and O–H groups in total. The standard InChI is InChI=1S/C29H41NO4Si/c1-9-10-19-33-26-14-12-11-13-25(26)27-28(34-35(20(2)3,21(4)5)22(6)7)29(31)30(27)23-15-17-24(32-8)18-16-23/h9,11-18,20-22,27-28H,1,10,19H2,2-8H3/t27-,28+/m0/s1. The third-order valence-corrected chi connectivity index (χ3v) is 13.3. The second-order valence-corrected chi connectivity index (χ2v) is 15.6. The molecular weight excluding hydrogens is 454 g/mol. The van der Waals surface area contributed by atoms with Crippen LogP contribution in [0.4, 0.5) is 5.69 Å². The van der Waals surface area contributed by atoms with Crippen LogP contribution in [0.1, 0.15) is 59.6 Å². The number of carbonyl (C=O) groups excluding carboxylic acids is 1. The van der Waals surface area contributed by atoms with Gasteiger partial charge in [0.2, 0.25) is 8.32 Å². The Balaban J connectivity index is 2.07. The Morgan fingerprint density at radius 3 is 2.11 bits per heavy atom. The molecule has 2 atom stereocenters. The minimum Gasteiger partial charge on any atom is -0.497 e. The van der Waals surface area contributed by atoms with Crippen LogP contribution in [0.2, 0.25) is 16.6 Å². The summed E-state index contributed by atoms with van der Waals surface area (Å²) in [6.45, 7) is 17.8. The molecule has 0 radical (unpaired) electrons. The number of hydrogen-bond donors (Lipinski definition) is 0. The highest BCUT2D eigenvalue weighted by molar-refractivity contribution is 6.77. The van der Waals surface area contributed by atoms with Gasteiger partial charge in [0.25, 0.3) is 5.91 Å². The second-order valence-electron chi connectivity index (χ2n) is 10.2. The third kappa shape index (κ3) is 5.19. The first kappa shape index (κ1) is 27.0. The molecule has 0 bridgehead atoms. The van der Waals surface area contributed by atoms with E-state index >= 15 is 0 Å². The Labute approximate surface area is 212 Å². The van der Waals surface area contributed by atoms with Gasteiger partial charge in [-0.05, 0) is 53.4 Å². The molecule has 1 fully saturated rings. The van der Waals surface area contributed by atoms with Crippen molar-refractivity contribution in [2.75, 3.05) is 18.6 Å². The lowest BCUT2D eigenvalue weighted by Gasteiger charge is -2.53. The van der Waals surface area contributed by atoms with E-state index in [1.165, 1.54) is 0 Å². The third-order valence-electron chi connectivity index (χ3n) is 7.25. The summed E-state index contributed by atoms with van der Waals surface area (Å²) in [5.41, 5.74) is 2.93. The lowest BCUT2D eigenvalue weighted by atomic mass is 9.89. The van der Waals surface area contributed by atoms with E-state index in [1.54, 1.807) is 7.11 Å². The number of benzene rings is 2. The van der Waals surface area contributed by atoms with Crippen LogP contribution in [-0.2, 0) is 9.22 Å². The minimum atomic E-state index is -2.29. The number of anilines is 1. The molecule has 1 aliphatic rings. The number of amides is 1. The number of hydrogen-bond acceptors (Lipinski definition) is 4. The fourth-order valence-electron chi connectivity index (χ4n) is 5.65. The highest BCUT2D eigenvalue weighted by Crippen LogP contribution is 2.50. The summed E-state index contributed by atoms with van der Waals surface area (Å²) < 4.78 is 18.5. The zero-order valence-corrected chi connectivity index (χ0v) is 23.3. The van der Waals surface area contributed by atoms with E-state index in [2.05, 4.69) is 54.2 Å². The predicted molar refractivity (Wildman–Crippen MR) is 146 cm³/mol. The van der Waals surface area contributed by atoms with Crippen molar-refractivity contribution in [2.24, 2.45) is 0 Å². The smallest absolute Gasteiger partial charge is 0.258 e. The van der Waals surface area contributed by atoms with Gasteiger partial charge in [0.1, 0.15) is 11.5 Å². The van der Waals surface area contributed by atoms with Gasteiger partial charge < -0.3 is 13.9 Å². The van der Waals surface area contributed by atoms with Crippen molar-refractivity contribution in [1.82, 2.24) is 0 Å². The topological polar surface area (TPSA) is 48.0 Å². The average Bonchev–Trinajstić information content (AvgIpc) is 2.83. The lowest BCUT2D eigenvalue weighted by molar-refractivity contribution is -0.136. The largest absolute Gasteiger partial charge is 0.497 e. The summed E-state index contributed by atoms with van der Waals surface area (Å²) in [6, 6.07) is 15.4. The number of nitrogens with zero attached hydrogens (tertiary/aromatic N) is 1. The van der Waals surface area contributed by atoms with Gasteiger partial charge in [-0.25, -0.2) is 0 Å². The Hall–Kier alpha value is -2.57. The van der Waals surface area contributed by atoms with Crippen LogP contribution in [0.5, 0.6) is 11.5 Å². The maximum atomic E-state index is 13.8. The zero-order chi connectivity index (χ0) is 25.8. The van der Waals surface area contributed by atoms with E-state index in [4.69, 9.17) is 13.9 Å². The number of carbonyl (C=O) groups is 1. The van der Waals surface area contributed by atoms with Gasteiger partial charge in [-0.3, -0.25) is 9.69 Å². The Morgan fingerprint density at radius 1 is 0.971 bits per heavy atom. The maximum Gasteiger partial charge on any atom is 0.258 e. The fourth-order valence-corrected chi connectivity index (χ4v) is 11.1. The van der Waals surface area contributed by atoms with Crippen LogP contribution in [0.15, 0.2) is 61.2 Å². The predicted octanol–water partition coefficient (Wildman–Crippen LogP) is 7.30. The molecule has 190 valence electrons. The zero-order valence-electron chi connectivity index (χ0n) is 22.3. The number of β-lactam (4-membered cyclic amide) rings is 1. The molecule has 5 nitrogen and oxygen atoms in total. The molecule has 35 heavy (non-hydrogen) atoms. The summed E-state index contributed by atoms with van der Waals surface area (Å²) >= 11 is 0. The van der Waals surface area contributed by atoms with E-state index in [0.29, 0.717) is 23.2 Å².